The van der Waals surface area contributed by atoms with Crippen molar-refractivity contribution < 1.29 is 4.74 Å². The van der Waals surface area contributed by atoms with Crippen LogP contribution in [-0.2, 0) is 13.0 Å². The first kappa shape index (κ1) is 15.6. The summed E-state index contributed by atoms with van der Waals surface area (Å²) in [5.41, 5.74) is 2.11. The van der Waals surface area contributed by atoms with E-state index >= 15 is 0 Å². The molecule has 1 aromatic carbocycles. The van der Waals surface area contributed by atoms with Crippen LogP contribution in [0.4, 0.5) is 5.82 Å². The second kappa shape index (κ2) is 7.84. The van der Waals surface area contributed by atoms with E-state index in [-0.39, 0.29) is 0 Å². The maximum atomic E-state index is 6.15. The first-order valence-corrected chi connectivity index (χ1v) is 7.57. The Hall–Kier alpha value is -1.81. The first-order chi connectivity index (χ1) is 10.2. The molecule has 0 fully saturated rings. The van der Waals surface area contributed by atoms with Gasteiger partial charge in [0.2, 0.25) is 0 Å². The highest BCUT2D eigenvalue weighted by atomic mass is 35.5. The number of hydrogen-bond donors (Lipinski definition) is 1. The highest BCUT2D eigenvalue weighted by Crippen LogP contribution is 2.22. The van der Waals surface area contributed by atoms with Gasteiger partial charge in [-0.05, 0) is 31.0 Å². The van der Waals surface area contributed by atoms with Crippen molar-refractivity contribution in [3.05, 3.63) is 46.9 Å². The molecule has 0 amide bonds. The lowest BCUT2D eigenvalue weighted by atomic mass is 10.1. The number of hydrogen-bond acceptors (Lipinski definition) is 4. The van der Waals surface area contributed by atoms with Gasteiger partial charge < -0.3 is 10.1 Å². The lowest BCUT2D eigenvalue weighted by Gasteiger charge is -2.12. The standard InChI is InChI=1S/C16H20ClN3O/c1-3-6-14-15(17)19-11-20-16(14)18-10-12-7-5-8-13(9-12)21-4-2/h5,7-9,11H,3-4,6,10H2,1-2H3,(H,18,19,20). The Kier molecular flexibility index (Phi) is 5.81. The van der Waals surface area contributed by atoms with Crippen molar-refractivity contribution in [2.45, 2.75) is 33.2 Å². The van der Waals surface area contributed by atoms with Crippen molar-refractivity contribution in [2.24, 2.45) is 0 Å². The Morgan fingerprint density at radius 1 is 1.24 bits per heavy atom. The van der Waals surface area contributed by atoms with E-state index < -0.39 is 0 Å². The predicted octanol–water partition coefficient (Wildman–Crippen LogP) is 4.09. The zero-order chi connectivity index (χ0) is 15.1. The topological polar surface area (TPSA) is 47.0 Å². The van der Waals surface area contributed by atoms with Crippen molar-refractivity contribution in [3.63, 3.8) is 0 Å². The average Bonchev–Trinajstić information content (AvgIpc) is 2.49. The average molecular weight is 306 g/mol. The number of aromatic nitrogens is 2. The van der Waals surface area contributed by atoms with Crippen LogP contribution in [0.15, 0.2) is 30.6 Å². The molecule has 0 aliphatic rings. The van der Waals surface area contributed by atoms with Crippen LogP contribution in [0, 0.1) is 0 Å². The summed E-state index contributed by atoms with van der Waals surface area (Å²) in [4.78, 5) is 8.34. The third kappa shape index (κ3) is 4.33. The number of nitrogens with one attached hydrogen (secondary N) is 1. The van der Waals surface area contributed by atoms with Crippen molar-refractivity contribution in [1.82, 2.24) is 9.97 Å². The van der Waals surface area contributed by atoms with E-state index in [9.17, 15) is 0 Å². The van der Waals surface area contributed by atoms with Gasteiger partial charge in [0, 0.05) is 12.1 Å². The van der Waals surface area contributed by atoms with Crippen LogP contribution >= 0.6 is 11.6 Å². The molecule has 0 spiro atoms. The molecule has 0 aliphatic heterocycles. The van der Waals surface area contributed by atoms with Crippen LogP contribution in [-0.4, -0.2) is 16.6 Å². The Morgan fingerprint density at radius 2 is 2.10 bits per heavy atom. The second-order valence-corrected chi connectivity index (χ2v) is 5.03. The summed E-state index contributed by atoms with van der Waals surface area (Å²) in [6, 6.07) is 8.02. The molecular weight excluding hydrogens is 286 g/mol. The fourth-order valence-electron chi connectivity index (χ4n) is 2.11. The number of rotatable bonds is 7. The summed E-state index contributed by atoms with van der Waals surface area (Å²) >= 11 is 6.15. The lowest BCUT2D eigenvalue weighted by Crippen LogP contribution is -2.06. The van der Waals surface area contributed by atoms with Gasteiger partial charge in [-0.25, -0.2) is 9.97 Å². The summed E-state index contributed by atoms with van der Waals surface area (Å²) in [5.74, 6) is 1.69. The predicted molar refractivity (Wildman–Crippen MR) is 86.0 cm³/mol. The summed E-state index contributed by atoms with van der Waals surface area (Å²) in [6.45, 7) is 5.42. The molecule has 0 radical (unpaired) electrons. The fourth-order valence-corrected chi connectivity index (χ4v) is 2.34. The van der Waals surface area contributed by atoms with Gasteiger partial charge in [-0.1, -0.05) is 37.1 Å². The van der Waals surface area contributed by atoms with Crippen LogP contribution in [0.25, 0.3) is 0 Å². The summed E-state index contributed by atoms with van der Waals surface area (Å²) < 4.78 is 5.51. The number of anilines is 1. The van der Waals surface area contributed by atoms with Crippen LogP contribution in [0.1, 0.15) is 31.4 Å². The molecule has 0 unspecified atom stereocenters. The Morgan fingerprint density at radius 3 is 2.86 bits per heavy atom. The molecule has 2 rings (SSSR count). The maximum Gasteiger partial charge on any atom is 0.137 e. The van der Waals surface area contributed by atoms with Gasteiger partial charge in [0.05, 0.1) is 6.61 Å². The molecule has 2 aromatic rings. The third-order valence-corrected chi connectivity index (χ3v) is 3.39. The third-order valence-electron chi connectivity index (χ3n) is 3.06. The maximum absolute atomic E-state index is 6.15. The monoisotopic (exact) mass is 305 g/mol. The Balaban J connectivity index is 2.09. The molecule has 1 heterocycles. The fraction of sp³-hybridized carbons (Fsp3) is 0.375. The summed E-state index contributed by atoms with van der Waals surface area (Å²) in [7, 11) is 0. The second-order valence-electron chi connectivity index (χ2n) is 4.68. The van der Waals surface area contributed by atoms with Crippen molar-refractivity contribution in [3.8, 4) is 5.75 Å². The van der Waals surface area contributed by atoms with Gasteiger partial charge in [0.1, 0.15) is 23.0 Å². The quantitative estimate of drug-likeness (QED) is 0.783. The molecule has 1 N–H and O–H groups in total. The highest BCUT2D eigenvalue weighted by molar-refractivity contribution is 6.30. The molecular formula is C16H20ClN3O. The van der Waals surface area contributed by atoms with Gasteiger partial charge in [0.25, 0.3) is 0 Å². The smallest absolute Gasteiger partial charge is 0.137 e. The van der Waals surface area contributed by atoms with Crippen LogP contribution in [0.5, 0.6) is 5.75 Å². The highest BCUT2D eigenvalue weighted by Gasteiger charge is 2.08. The summed E-state index contributed by atoms with van der Waals surface area (Å²) in [6.07, 6.45) is 3.35. The molecule has 0 saturated heterocycles. The first-order valence-electron chi connectivity index (χ1n) is 7.19. The minimum absolute atomic E-state index is 0.525. The number of benzene rings is 1. The molecule has 0 bridgehead atoms. The molecule has 112 valence electrons. The minimum atomic E-state index is 0.525. The van der Waals surface area contributed by atoms with Gasteiger partial charge in [0.15, 0.2) is 0 Å². The van der Waals surface area contributed by atoms with E-state index in [4.69, 9.17) is 16.3 Å². The number of nitrogens with zero attached hydrogens (tertiary/aromatic N) is 2. The minimum Gasteiger partial charge on any atom is -0.494 e. The van der Waals surface area contributed by atoms with Crippen molar-refractivity contribution in [2.75, 3.05) is 11.9 Å². The van der Waals surface area contributed by atoms with E-state index in [1.165, 1.54) is 6.33 Å². The zero-order valence-corrected chi connectivity index (χ0v) is 13.2. The van der Waals surface area contributed by atoms with Crippen LogP contribution in [0.3, 0.4) is 0 Å². The van der Waals surface area contributed by atoms with Gasteiger partial charge >= 0.3 is 0 Å². The molecule has 0 aliphatic carbocycles. The van der Waals surface area contributed by atoms with E-state index in [0.29, 0.717) is 18.3 Å². The molecule has 5 heteroatoms. The largest absolute Gasteiger partial charge is 0.494 e. The zero-order valence-electron chi connectivity index (χ0n) is 12.4. The molecule has 1 aromatic heterocycles. The van der Waals surface area contributed by atoms with E-state index in [1.54, 1.807) is 0 Å². The van der Waals surface area contributed by atoms with Gasteiger partial charge in [-0.3, -0.25) is 0 Å². The van der Waals surface area contributed by atoms with Gasteiger partial charge in [-0.15, -0.1) is 0 Å². The normalized spacial score (nSPS) is 10.4. The van der Waals surface area contributed by atoms with E-state index in [0.717, 1.165) is 35.5 Å². The molecule has 0 atom stereocenters. The lowest BCUT2D eigenvalue weighted by molar-refractivity contribution is 0.340. The Labute approximate surface area is 130 Å². The van der Waals surface area contributed by atoms with E-state index in [1.807, 2.05) is 25.1 Å². The summed E-state index contributed by atoms with van der Waals surface area (Å²) in [5, 5.41) is 3.86. The molecule has 0 saturated carbocycles. The van der Waals surface area contributed by atoms with Crippen LogP contribution in [0.2, 0.25) is 5.15 Å². The van der Waals surface area contributed by atoms with Gasteiger partial charge in [-0.2, -0.15) is 0 Å². The number of ether oxygens (including phenoxy) is 1. The molecule has 21 heavy (non-hydrogen) atoms. The van der Waals surface area contributed by atoms with Crippen molar-refractivity contribution in [1.29, 1.82) is 0 Å². The van der Waals surface area contributed by atoms with Crippen LogP contribution < -0.4 is 10.1 Å². The van der Waals surface area contributed by atoms with E-state index in [2.05, 4.69) is 28.3 Å². The number of halogens is 1. The SMILES string of the molecule is CCCc1c(Cl)ncnc1NCc1cccc(OCC)c1. The molecule has 4 nitrogen and oxygen atoms in total. The van der Waals surface area contributed by atoms with Crippen molar-refractivity contribution >= 4 is 17.4 Å². The Bertz CT molecular complexity index is 589.